The lowest BCUT2D eigenvalue weighted by atomic mass is 10.1. The number of nitrogens with one attached hydrogen (secondary N) is 1. The van der Waals surface area contributed by atoms with Gasteiger partial charge in [-0.3, -0.25) is 13.9 Å². The third-order valence-electron chi connectivity index (χ3n) is 6.78. The Morgan fingerprint density at radius 3 is 2.21 bits per heavy atom. The van der Waals surface area contributed by atoms with Crippen LogP contribution in [0.4, 0.5) is 5.69 Å². The summed E-state index contributed by atoms with van der Waals surface area (Å²) in [5.74, 6) is -0.265. The van der Waals surface area contributed by atoms with Gasteiger partial charge in [0.05, 0.1) is 24.8 Å². The topological polar surface area (TPSA) is 105 Å². The lowest BCUT2D eigenvalue weighted by molar-refractivity contribution is -0.140. The number of rotatable bonds is 15. The molecule has 0 aliphatic heterocycles. The molecular formula is C31H38ClN3O6S. The minimum Gasteiger partial charge on any atom is -0.493 e. The number of ether oxygens (including phenoxy) is 2. The lowest BCUT2D eigenvalue weighted by Gasteiger charge is -2.33. The van der Waals surface area contributed by atoms with Crippen LogP contribution in [0.15, 0.2) is 77.7 Å². The monoisotopic (exact) mass is 615 g/mol. The Bertz CT molecular complexity index is 1450. The first-order valence-corrected chi connectivity index (χ1v) is 15.6. The highest BCUT2D eigenvalue weighted by Crippen LogP contribution is 2.32. The van der Waals surface area contributed by atoms with E-state index in [1.165, 1.54) is 37.3 Å². The van der Waals surface area contributed by atoms with Gasteiger partial charge in [-0.25, -0.2) is 8.42 Å². The summed E-state index contributed by atoms with van der Waals surface area (Å²) in [6.07, 6.45) is 2.02. The van der Waals surface area contributed by atoms with Crippen LogP contribution in [0.2, 0.25) is 5.02 Å². The molecule has 0 radical (unpaired) electrons. The van der Waals surface area contributed by atoms with Gasteiger partial charge >= 0.3 is 0 Å². The van der Waals surface area contributed by atoms with Crippen LogP contribution in [0.25, 0.3) is 0 Å². The SMILES string of the molecule is CCCCNC(=O)[C@H](CC)N(Cc1ccccc1Cl)C(=O)CN(c1ccccc1)S(=O)(=O)c1ccc(OC)c(OC)c1. The maximum atomic E-state index is 14.1. The molecule has 0 aliphatic carbocycles. The molecule has 2 amide bonds. The molecule has 0 aromatic heterocycles. The Hall–Kier alpha value is -3.76. The Labute approximate surface area is 253 Å². The normalized spacial score (nSPS) is 11.8. The second-order valence-corrected chi connectivity index (χ2v) is 11.8. The van der Waals surface area contributed by atoms with E-state index in [4.69, 9.17) is 21.1 Å². The molecule has 0 saturated carbocycles. The molecule has 0 spiro atoms. The van der Waals surface area contributed by atoms with Gasteiger partial charge in [0.25, 0.3) is 10.0 Å². The zero-order chi connectivity index (χ0) is 30.7. The van der Waals surface area contributed by atoms with E-state index >= 15 is 0 Å². The van der Waals surface area contributed by atoms with E-state index in [0.29, 0.717) is 35.0 Å². The molecule has 42 heavy (non-hydrogen) atoms. The van der Waals surface area contributed by atoms with Crippen molar-refractivity contribution < 1.29 is 27.5 Å². The van der Waals surface area contributed by atoms with Gasteiger partial charge < -0.3 is 19.7 Å². The molecule has 3 aromatic carbocycles. The fourth-order valence-corrected chi connectivity index (χ4v) is 6.09. The predicted octanol–water partition coefficient (Wildman–Crippen LogP) is 5.28. The Morgan fingerprint density at radius 1 is 0.929 bits per heavy atom. The predicted molar refractivity (Wildman–Crippen MR) is 165 cm³/mol. The quantitative estimate of drug-likeness (QED) is 0.233. The van der Waals surface area contributed by atoms with E-state index in [2.05, 4.69) is 5.32 Å². The summed E-state index contributed by atoms with van der Waals surface area (Å²) in [4.78, 5) is 28.7. The summed E-state index contributed by atoms with van der Waals surface area (Å²) in [7, 11) is -1.40. The zero-order valence-electron chi connectivity index (χ0n) is 24.4. The molecule has 1 N–H and O–H groups in total. The van der Waals surface area contributed by atoms with Crippen LogP contribution in [0, 0.1) is 0 Å². The van der Waals surface area contributed by atoms with Crippen LogP contribution in [0.3, 0.4) is 0 Å². The number of carbonyl (C=O) groups excluding carboxylic acids is 2. The van der Waals surface area contributed by atoms with Crippen molar-refractivity contribution in [1.82, 2.24) is 10.2 Å². The van der Waals surface area contributed by atoms with E-state index in [1.54, 1.807) is 54.6 Å². The Balaban J connectivity index is 2.06. The number of benzene rings is 3. The molecule has 0 fully saturated rings. The van der Waals surface area contributed by atoms with Crippen LogP contribution in [0.1, 0.15) is 38.7 Å². The van der Waals surface area contributed by atoms with Crippen molar-refractivity contribution in [2.24, 2.45) is 0 Å². The van der Waals surface area contributed by atoms with Crippen molar-refractivity contribution in [3.8, 4) is 11.5 Å². The van der Waals surface area contributed by atoms with Crippen LogP contribution >= 0.6 is 11.6 Å². The number of anilines is 1. The number of unbranched alkanes of at least 4 members (excludes halogenated alkanes) is 1. The van der Waals surface area contributed by atoms with Crippen molar-refractivity contribution in [1.29, 1.82) is 0 Å². The average Bonchev–Trinajstić information content (AvgIpc) is 3.00. The number of sulfonamides is 1. The van der Waals surface area contributed by atoms with Crippen LogP contribution in [0.5, 0.6) is 11.5 Å². The van der Waals surface area contributed by atoms with Crippen molar-refractivity contribution in [3.63, 3.8) is 0 Å². The zero-order valence-corrected chi connectivity index (χ0v) is 26.0. The molecule has 3 rings (SSSR count). The Kier molecular flexibility index (Phi) is 12.1. The van der Waals surface area contributed by atoms with Crippen molar-refractivity contribution in [2.75, 3.05) is 31.6 Å². The second-order valence-electron chi connectivity index (χ2n) is 9.55. The van der Waals surface area contributed by atoms with E-state index < -0.39 is 28.5 Å². The molecule has 0 unspecified atom stereocenters. The number of halogens is 1. The fourth-order valence-electron chi connectivity index (χ4n) is 4.46. The highest BCUT2D eigenvalue weighted by molar-refractivity contribution is 7.92. The molecule has 0 saturated heterocycles. The van der Waals surface area contributed by atoms with Gasteiger partial charge in [0.15, 0.2) is 11.5 Å². The second kappa shape index (κ2) is 15.5. The third kappa shape index (κ3) is 7.95. The molecule has 0 aliphatic rings. The van der Waals surface area contributed by atoms with Gasteiger partial charge in [0.1, 0.15) is 12.6 Å². The number of methoxy groups -OCH3 is 2. The largest absolute Gasteiger partial charge is 0.493 e. The fraction of sp³-hybridized carbons (Fsp3) is 0.355. The first kappa shape index (κ1) is 32.8. The molecule has 3 aromatic rings. The maximum Gasteiger partial charge on any atom is 0.264 e. The molecule has 0 heterocycles. The molecular weight excluding hydrogens is 578 g/mol. The maximum absolute atomic E-state index is 14.1. The number of para-hydroxylation sites is 1. The highest BCUT2D eigenvalue weighted by atomic mass is 35.5. The van der Waals surface area contributed by atoms with E-state index in [9.17, 15) is 18.0 Å². The summed E-state index contributed by atoms with van der Waals surface area (Å²) in [5, 5.41) is 3.35. The molecule has 1 atom stereocenters. The first-order valence-electron chi connectivity index (χ1n) is 13.8. The van der Waals surface area contributed by atoms with Gasteiger partial charge in [-0.2, -0.15) is 0 Å². The van der Waals surface area contributed by atoms with E-state index in [1.807, 2.05) is 13.8 Å². The summed E-state index contributed by atoms with van der Waals surface area (Å²) in [6, 6.07) is 18.8. The number of carbonyl (C=O) groups is 2. The Morgan fingerprint density at radius 2 is 1.60 bits per heavy atom. The highest BCUT2D eigenvalue weighted by Gasteiger charge is 2.34. The molecule has 0 bridgehead atoms. The number of nitrogens with zero attached hydrogens (tertiary/aromatic N) is 2. The van der Waals surface area contributed by atoms with Crippen LogP contribution < -0.4 is 19.1 Å². The minimum atomic E-state index is -4.27. The number of hydrogen-bond donors (Lipinski definition) is 1. The smallest absolute Gasteiger partial charge is 0.264 e. The van der Waals surface area contributed by atoms with Crippen molar-refractivity contribution in [2.45, 2.75) is 50.6 Å². The number of amides is 2. The molecule has 9 nitrogen and oxygen atoms in total. The summed E-state index contributed by atoms with van der Waals surface area (Å²) < 4.78 is 39.8. The van der Waals surface area contributed by atoms with Crippen LogP contribution in [-0.2, 0) is 26.2 Å². The summed E-state index contributed by atoms with van der Waals surface area (Å²) in [6.45, 7) is 3.78. The number of hydrogen-bond acceptors (Lipinski definition) is 6. The first-order chi connectivity index (χ1) is 20.2. The standard InChI is InChI=1S/C31H38ClN3O6S/c1-5-7-19-33-31(37)27(6-2)34(21-23-13-11-12-16-26(23)32)30(36)22-35(24-14-9-8-10-15-24)42(38,39)25-17-18-28(40-3)29(20-25)41-4/h8-18,20,27H,5-7,19,21-22H2,1-4H3,(H,33,37)/t27-/m0/s1. The van der Waals surface area contributed by atoms with Gasteiger partial charge in [-0.15, -0.1) is 0 Å². The van der Waals surface area contributed by atoms with Crippen molar-refractivity contribution in [3.05, 3.63) is 83.4 Å². The van der Waals surface area contributed by atoms with Gasteiger partial charge in [0, 0.05) is 24.2 Å². The minimum absolute atomic E-state index is 0.0250. The van der Waals surface area contributed by atoms with Crippen LogP contribution in [-0.4, -0.2) is 58.5 Å². The average molecular weight is 616 g/mol. The van der Waals surface area contributed by atoms with E-state index in [0.717, 1.165) is 17.1 Å². The molecule has 11 heteroatoms. The summed E-state index contributed by atoms with van der Waals surface area (Å²) in [5.41, 5.74) is 0.931. The van der Waals surface area contributed by atoms with Gasteiger partial charge in [0.2, 0.25) is 11.8 Å². The van der Waals surface area contributed by atoms with E-state index in [-0.39, 0.29) is 23.1 Å². The van der Waals surface area contributed by atoms with Gasteiger partial charge in [-0.05, 0) is 48.7 Å². The lowest BCUT2D eigenvalue weighted by Crippen LogP contribution is -2.52. The van der Waals surface area contributed by atoms with Gasteiger partial charge in [-0.1, -0.05) is 68.3 Å². The molecule has 226 valence electrons. The van der Waals surface area contributed by atoms with Crippen molar-refractivity contribution >= 4 is 39.1 Å². The third-order valence-corrected chi connectivity index (χ3v) is 8.92. The summed E-state index contributed by atoms with van der Waals surface area (Å²) >= 11 is 6.44.